The molecule has 17 heavy (non-hydrogen) atoms. The van der Waals surface area contributed by atoms with Crippen LogP contribution in [0.3, 0.4) is 0 Å². The van der Waals surface area contributed by atoms with Crippen LogP contribution in [0.25, 0.3) is 10.9 Å². The monoisotopic (exact) mass is 229 g/mol. The third kappa shape index (κ3) is 2.60. The van der Waals surface area contributed by atoms with Gasteiger partial charge in [-0.25, -0.2) is 0 Å². The van der Waals surface area contributed by atoms with Crippen LogP contribution >= 0.6 is 0 Å². The van der Waals surface area contributed by atoms with E-state index in [-0.39, 0.29) is 18.4 Å². The van der Waals surface area contributed by atoms with E-state index < -0.39 is 0 Å². The van der Waals surface area contributed by atoms with Crippen LogP contribution in [-0.2, 0) is 4.79 Å². The highest BCUT2D eigenvalue weighted by molar-refractivity contribution is 5.80. The summed E-state index contributed by atoms with van der Waals surface area (Å²) in [5.41, 5.74) is 13.8. The van der Waals surface area contributed by atoms with Crippen LogP contribution < -0.4 is 11.5 Å². The van der Waals surface area contributed by atoms with Gasteiger partial charge in [0.25, 0.3) is 0 Å². The van der Waals surface area contributed by atoms with E-state index in [1.807, 2.05) is 37.3 Å². The summed E-state index contributed by atoms with van der Waals surface area (Å²) in [6.45, 7) is 1.95. The number of primary amides is 1. The van der Waals surface area contributed by atoms with Crippen molar-refractivity contribution < 1.29 is 4.79 Å². The third-order valence-electron chi connectivity index (χ3n) is 2.70. The van der Waals surface area contributed by atoms with E-state index >= 15 is 0 Å². The fourth-order valence-corrected chi connectivity index (χ4v) is 1.81. The SMILES string of the molecule is Cc1ccc2cc(C(N)CC(N)=O)ccc2n1. The number of aryl methyl sites for hydroxylation is 1. The molecule has 88 valence electrons. The van der Waals surface area contributed by atoms with E-state index in [0.29, 0.717) is 0 Å². The number of nitrogens with two attached hydrogens (primary N) is 2. The first-order chi connectivity index (χ1) is 8.06. The van der Waals surface area contributed by atoms with Gasteiger partial charge in [0.1, 0.15) is 0 Å². The van der Waals surface area contributed by atoms with Gasteiger partial charge in [0, 0.05) is 23.5 Å². The predicted molar refractivity (Wildman–Crippen MR) is 67.2 cm³/mol. The number of hydrogen-bond donors (Lipinski definition) is 2. The lowest BCUT2D eigenvalue weighted by Gasteiger charge is -2.10. The number of carbonyl (C=O) groups is 1. The van der Waals surface area contributed by atoms with Crippen LogP contribution in [0.4, 0.5) is 0 Å². The minimum Gasteiger partial charge on any atom is -0.370 e. The molecule has 0 radical (unpaired) electrons. The lowest BCUT2D eigenvalue weighted by atomic mass is 10.0. The molecule has 2 rings (SSSR count). The number of amides is 1. The average molecular weight is 229 g/mol. The minimum atomic E-state index is -0.389. The lowest BCUT2D eigenvalue weighted by Crippen LogP contribution is -2.20. The summed E-state index contributed by atoms with van der Waals surface area (Å²) in [5.74, 6) is -0.389. The Morgan fingerprint density at radius 3 is 2.82 bits per heavy atom. The third-order valence-corrected chi connectivity index (χ3v) is 2.70. The van der Waals surface area contributed by atoms with Crippen molar-refractivity contribution in [2.75, 3.05) is 0 Å². The van der Waals surface area contributed by atoms with E-state index in [1.165, 1.54) is 0 Å². The highest BCUT2D eigenvalue weighted by Gasteiger charge is 2.09. The fourth-order valence-electron chi connectivity index (χ4n) is 1.81. The van der Waals surface area contributed by atoms with Crippen molar-refractivity contribution in [3.05, 3.63) is 41.6 Å². The average Bonchev–Trinajstić information content (AvgIpc) is 2.27. The molecule has 2 aromatic rings. The summed E-state index contributed by atoms with van der Waals surface area (Å²) >= 11 is 0. The molecule has 0 bridgehead atoms. The molecule has 4 nitrogen and oxygen atoms in total. The summed E-state index contributed by atoms with van der Waals surface area (Å²) in [4.78, 5) is 15.2. The molecule has 0 spiro atoms. The zero-order chi connectivity index (χ0) is 12.4. The van der Waals surface area contributed by atoms with E-state index in [0.717, 1.165) is 22.2 Å². The molecule has 1 aromatic heterocycles. The second kappa shape index (κ2) is 4.51. The summed E-state index contributed by atoms with van der Waals surface area (Å²) in [7, 11) is 0. The van der Waals surface area contributed by atoms with Crippen LogP contribution in [0.5, 0.6) is 0 Å². The van der Waals surface area contributed by atoms with Gasteiger partial charge in [0.05, 0.1) is 5.52 Å². The maximum atomic E-state index is 10.8. The molecule has 1 unspecified atom stereocenters. The smallest absolute Gasteiger partial charge is 0.219 e. The zero-order valence-corrected chi connectivity index (χ0v) is 9.68. The Labute approximate surface area is 99.6 Å². The Bertz CT molecular complexity index is 566. The highest BCUT2D eigenvalue weighted by Crippen LogP contribution is 2.20. The molecular formula is C13H15N3O. The number of rotatable bonds is 3. The summed E-state index contributed by atoms with van der Waals surface area (Å²) in [5, 5.41) is 1.02. The molecule has 4 N–H and O–H groups in total. The second-order valence-electron chi connectivity index (χ2n) is 4.18. The maximum Gasteiger partial charge on any atom is 0.219 e. The highest BCUT2D eigenvalue weighted by atomic mass is 16.1. The second-order valence-corrected chi connectivity index (χ2v) is 4.18. The molecule has 0 aliphatic rings. The van der Waals surface area contributed by atoms with Crippen molar-refractivity contribution in [1.29, 1.82) is 0 Å². The molecule has 4 heteroatoms. The van der Waals surface area contributed by atoms with Crippen molar-refractivity contribution >= 4 is 16.8 Å². The largest absolute Gasteiger partial charge is 0.370 e. The molecule has 1 heterocycles. The van der Waals surface area contributed by atoms with Gasteiger partial charge >= 0.3 is 0 Å². The molecule has 0 saturated heterocycles. The Morgan fingerprint density at radius 1 is 1.35 bits per heavy atom. The number of carbonyl (C=O) groups excluding carboxylic acids is 1. The number of aromatic nitrogens is 1. The summed E-state index contributed by atoms with van der Waals surface area (Å²) < 4.78 is 0. The number of fused-ring (bicyclic) bond motifs is 1. The number of hydrogen-bond acceptors (Lipinski definition) is 3. The van der Waals surface area contributed by atoms with Crippen molar-refractivity contribution in [3.63, 3.8) is 0 Å². The molecule has 0 fully saturated rings. The molecule has 0 saturated carbocycles. The van der Waals surface area contributed by atoms with Gasteiger partial charge in [-0.1, -0.05) is 12.1 Å². The first kappa shape index (κ1) is 11.5. The van der Waals surface area contributed by atoms with Gasteiger partial charge in [-0.3, -0.25) is 9.78 Å². The van der Waals surface area contributed by atoms with Crippen LogP contribution in [-0.4, -0.2) is 10.9 Å². The molecule has 1 atom stereocenters. The standard InChI is InChI=1S/C13H15N3O/c1-8-2-3-10-6-9(4-5-12(10)16-8)11(14)7-13(15)17/h2-6,11H,7,14H2,1H3,(H2,15,17). The van der Waals surface area contributed by atoms with Crippen molar-refractivity contribution in [2.24, 2.45) is 11.5 Å². The summed E-state index contributed by atoms with van der Waals surface area (Å²) in [6, 6.07) is 9.36. The maximum absolute atomic E-state index is 10.8. The first-order valence-electron chi connectivity index (χ1n) is 5.47. The molecular weight excluding hydrogens is 214 g/mol. The Balaban J connectivity index is 2.37. The quantitative estimate of drug-likeness (QED) is 0.835. The van der Waals surface area contributed by atoms with Gasteiger partial charge < -0.3 is 11.5 Å². The van der Waals surface area contributed by atoms with E-state index in [1.54, 1.807) is 0 Å². The number of nitrogens with zero attached hydrogens (tertiary/aromatic N) is 1. The van der Waals surface area contributed by atoms with Gasteiger partial charge in [-0.15, -0.1) is 0 Å². The molecule has 1 aromatic carbocycles. The van der Waals surface area contributed by atoms with Crippen LogP contribution in [0.1, 0.15) is 23.7 Å². The Morgan fingerprint density at radius 2 is 2.12 bits per heavy atom. The van der Waals surface area contributed by atoms with Crippen LogP contribution in [0.2, 0.25) is 0 Å². The van der Waals surface area contributed by atoms with E-state index in [2.05, 4.69) is 4.98 Å². The molecule has 0 aliphatic heterocycles. The number of benzene rings is 1. The molecule has 1 amide bonds. The van der Waals surface area contributed by atoms with Gasteiger partial charge in [0.2, 0.25) is 5.91 Å². The van der Waals surface area contributed by atoms with Crippen LogP contribution in [0, 0.1) is 6.92 Å². The number of pyridine rings is 1. The first-order valence-corrected chi connectivity index (χ1v) is 5.47. The van der Waals surface area contributed by atoms with Gasteiger partial charge in [0.15, 0.2) is 0 Å². The van der Waals surface area contributed by atoms with Gasteiger partial charge in [-0.05, 0) is 30.7 Å². The van der Waals surface area contributed by atoms with E-state index in [4.69, 9.17) is 11.5 Å². The zero-order valence-electron chi connectivity index (χ0n) is 9.68. The topological polar surface area (TPSA) is 82.0 Å². The Kier molecular flexibility index (Phi) is 3.06. The minimum absolute atomic E-state index is 0.158. The van der Waals surface area contributed by atoms with Crippen molar-refractivity contribution in [3.8, 4) is 0 Å². The van der Waals surface area contributed by atoms with E-state index in [9.17, 15) is 4.79 Å². The van der Waals surface area contributed by atoms with Crippen molar-refractivity contribution in [2.45, 2.75) is 19.4 Å². The Hall–Kier alpha value is -1.94. The fraction of sp³-hybridized carbons (Fsp3) is 0.231. The van der Waals surface area contributed by atoms with Gasteiger partial charge in [-0.2, -0.15) is 0 Å². The van der Waals surface area contributed by atoms with Crippen LogP contribution in [0.15, 0.2) is 30.3 Å². The normalized spacial score (nSPS) is 12.6. The van der Waals surface area contributed by atoms with Crippen molar-refractivity contribution in [1.82, 2.24) is 4.98 Å². The molecule has 0 aliphatic carbocycles. The lowest BCUT2D eigenvalue weighted by molar-refractivity contribution is -0.118. The summed E-state index contributed by atoms with van der Waals surface area (Å²) in [6.07, 6.45) is 0.158. The predicted octanol–water partition coefficient (Wildman–Crippen LogP) is 1.42.